The molecule has 6 heteroatoms. The van der Waals surface area contributed by atoms with E-state index in [1.54, 1.807) is 0 Å². The fourth-order valence-corrected chi connectivity index (χ4v) is 1.46. The van der Waals surface area contributed by atoms with Crippen LogP contribution in [0.15, 0.2) is 42.5 Å². The number of phenolic OH excluding ortho intramolecular Hbond substituents is 1. The molecular weight excluding hydrogens is 250 g/mol. The van der Waals surface area contributed by atoms with Crippen LogP contribution in [-0.2, 0) is 0 Å². The van der Waals surface area contributed by atoms with Crippen molar-refractivity contribution in [2.24, 2.45) is 0 Å². The number of nitro benzene ring substituents is 1. The Labute approximate surface area is 108 Å². The standard InChI is InChI=1S/C13H9NO5/c15-8-9-1-6-13(12(16)7-9)19-11-4-2-10(3-5-11)14(17)18/h1-8,16H. The maximum atomic E-state index is 10.5. The number of benzene rings is 2. The highest BCUT2D eigenvalue weighted by Crippen LogP contribution is 2.31. The van der Waals surface area contributed by atoms with Crippen molar-refractivity contribution in [3.05, 3.63) is 58.1 Å². The molecule has 2 aromatic carbocycles. The second kappa shape index (κ2) is 5.18. The predicted octanol–water partition coefficient (Wildman–Crippen LogP) is 2.91. The Morgan fingerprint density at radius 2 is 1.84 bits per heavy atom. The fourth-order valence-electron chi connectivity index (χ4n) is 1.46. The zero-order valence-electron chi connectivity index (χ0n) is 9.65. The lowest BCUT2D eigenvalue weighted by molar-refractivity contribution is -0.384. The third-order valence-corrected chi connectivity index (χ3v) is 2.39. The van der Waals surface area contributed by atoms with E-state index >= 15 is 0 Å². The molecular formula is C13H9NO5. The molecule has 0 amide bonds. The second-order valence-electron chi connectivity index (χ2n) is 3.70. The van der Waals surface area contributed by atoms with Gasteiger partial charge in [0.25, 0.3) is 5.69 Å². The summed E-state index contributed by atoms with van der Waals surface area (Å²) < 4.78 is 5.35. The number of aromatic hydroxyl groups is 1. The monoisotopic (exact) mass is 259 g/mol. The minimum absolute atomic E-state index is 0.0483. The minimum Gasteiger partial charge on any atom is -0.504 e. The first-order chi connectivity index (χ1) is 9.10. The van der Waals surface area contributed by atoms with Gasteiger partial charge in [-0.3, -0.25) is 14.9 Å². The Balaban J connectivity index is 2.21. The van der Waals surface area contributed by atoms with Crippen molar-refractivity contribution >= 4 is 12.0 Å². The van der Waals surface area contributed by atoms with Gasteiger partial charge in [0.1, 0.15) is 12.0 Å². The number of carbonyl (C=O) groups is 1. The maximum absolute atomic E-state index is 10.5. The van der Waals surface area contributed by atoms with Crippen molar-refractivity contribution in [3.63, 3.8) is 0 Å². The summed E-state index contributed by atoms with van der Waals surface area (Å²) in [6.07, 6.45) is 0.607. The van der Waals surface area contributed by atoms with Gasteiger partial charge in [-0.05, 0) is 30.3 Å². The van der Waals surface area contributed by atoms with E-state index in [1.807, 2.05) is 0 Å². The molecule has 19 heavy (non-hydrogen) atoms. The third kappa shape index (κ3) is 2.86. The molecule has 1 N–H and O–H groups in total. The van der Waals surface area contributed by atoms with Gasteiger partial charge >= 0.3 is 0 Å². The van der Waals surface area contributed by atoms with Crippen LogP contribution in [0, 0.1) is 10.1 Å². The van der Waals surface area contributed by atoms with Gasteiger partial charge in [0.15, 0.2) is 11.5 Å². The van der Waals surface area contributed by atoms with Crippen molar-refractivity contribution in [1.82, 2.24) is 0 Å². The van der Waals surface area contributed by atoms with E-state index in [0.717, 1.165) is 0 Å². The molecule has 0 bridgehead atoms. The van der Waals surface area contributed by atoms with E-state index < -0.39 is 4.92 Å². The fraction of sp³-hybridized carbons (Fsp3) is 0. The lowest BCUT2D eigenvalue weighted by Gasteiger charge is -2.07. The van der Waals surface area contributed by atoms with Gasteiger partial charge in [-0.1, -0.05) is 0 Å². The molecule has 6 nitrogen and oxygen atoms in total. The molecule has 2 aromatic rings. The average Bonchev–Trinajstić information content (AvgIpc) is 2.41. The lowest BCUT2D eigenvalue weighted by atomic mass is 10.2. The summed E-state index contributed by atoms with van der Waals surface area (Å²) in [4.78, 5) is 20.5. The van der Waals surface area contributed by atoms with Crippen LogP contribution >= 0.6 is 0 Å². The Bertz CT molecular complexity index is 621. The Morgan fingerprint density at radius 3 is 2.37 bits per heavy atom. The highest BCUT2D eigenvalue weighted by molar-refractivity contribution is 5.76. The molecule has 2 rings (SSSR count). The smallest absolute Gasteiger partial charge is 0.269 e. The largest absolute Gasteiger partial charge is 0.504 e. The Hall–Kier alpha value is -2.89. The third-order valence-electron chi connectivity index (χ3n) is 2.39. The zero-order valence-corrected chi connectivity index (χ0v) is 9.65. The number of rotatable bonds is 4. The summed E-state index contributed by atoms with van der Waals surface area (Å²) in [5, 5.41) is 20.1. The molecule has 0 fully saturated rings. The number of hydrogen-bond donors (Lipinski definition) is 1. The number of nitro groups is 1. The highest BCUT2D eigenvalue weighted by atomic mass is 16.6. The number of phenols is 1. The first kappa shape index (κ1) is 12.6. The van der Waals surface area contributed by atoms with E-state index in [1.165, 1.54) is 42.5 Å². The topological polar surface area (TPSA) is 89.7 Å². The maximum Gasteiger partial charge on any atom is 0.269 e. The molecule has 0 saturated heterocycles. The van der Waals surface area contributed by atoms with E-state index in [0.29, 0.717) is 17.6 Å². The second-order valence-corrected chi connectivity index (χ2v) is 3.70. The van der Waals surface area contributed by atoms with Crippen LogP contribution in [0.3, 0.4) is 0 Å². The summed E-state index contributed by atoms with van der Waals surface area (Å²) >= 11 is 0. The number of non-ortho nitro benzene ring substituents is 1. The highest BCUT2D eigenvalue weighted by Gasteiger charge is 2.07. The van der Waals surface area contributed by atoms with Crippen LogP contribution in [0.25, 0.3) is 0 Å². The number of ether oxygens (including phenoxy) is 1. The predicted molar refractivity (Wildman–Crippen MR) is 66.7 cm³/mol. The average molecular weight is 259 g/mol. The molecule has 0 aromatic heterocycles. The molecule has 0 aliphatic heterocycles. The van der Waals surface area contributed by atoms with Gasteiger partial charge in [-0.25, -0.2) is 0 Å². The summed E-state index contributed by atoms with van der Waals surface area (Å²) in [5.74, 6) is 0.335. The molecule has 0 heterocycles. The van der Waals surface area contributed by atoms with E-state index in [2.05, 4.69) is 0 Å². The molecule has 0 saturated carbocycles. The minimum atomic E-state index is -0.514. The summed E-state index contributed by atoms with van der Waals surface area (Å²) in [7, 11) is 0. The van der Waals surface area contributed by atoms with Gasteiger partial charge in [-0.2, -0.15) is 0 Å². The van der Waals surface area contributed by atoms with Crippen LogP contribution in [0.4, 0.5) is 5.69 Å². The van der Waals surface area contributed by atoms with Crippen LogP contribution in [0.1, 0.15) is 10.4 Å². The van der Waals surface area contributed by atoms with Crippen LogP contribution in [0.5, 0.6) is 17.2 Å². The van der Waals surface area contributed by atoms with E-state index in [-0.39, 0.29) is 17.2 Å². The van der Waals surface area contributed by atoms with Crippen molar-refractivity contribution in [3.8, 4) is 17.2 Å². The molecule has 0 unspecified atom stereocenters. The Morgan fingerprint density at radius 1 is 1.16 bits per heavy atom. The van der Waals surface area contributed by atoms with Crippen molar-refractivity contribution in [2.45, 2.75) is 0 Å². The van der Waals surface area contributed by atoms with Crippen LogP contribution < -0.4 is 4.74 Å². The van der Waals surface area contributed by atoms with Crippen LogP contribution in [0.2, 0.25) is 0 Å². The molecule has 96 valence electrons. The molecule has 0 aliphatic carbocycles. The molecule has 0 aliphatic rings. The normalized spacial score (nSPS) is 9.89. The van der Waals surface area contributed by atoms with Crippen molar-refractivity contribution in [2.75, 3.05) is 0 Å². The SMILES string of the molecule is O=Cc1ccc(Oc2ccc([N+](=O)[O-])cc2)c(O)c1. The van der Waals surface area contributed by atoms with Gasteiger partial charge in [-0.15, -0.1) is 0 Å². The molecule has 0 spiro atoms. The van der Waals surface area contributed by atoms with Gasteiger partial charge in [0, 0.05) is 17.7 Å². The molecule has 0 radical (unpaired) electrons. The van der Waals surface area contributed by atoms with E-state index in [9.17, 15) is 20.0 Å². The van der Waals surface area contributed by atoms with Crippen molar-refractivity contribution < 1.29 is 19.6 Å². The van der Waals surface area contributed by atoms with Gasteiger partial charge in [0.05, 0.1) is 4.92 Å². The van der Waals surface area contributed by atoms with Crippen LogP contribution in [-0.4, -0.2) is 16.3 Å². The number of carbonyl (C=O) groups excluding carboxylic acids is 1. The summed E-state index contributed by atoms with van der Waals surface area (Å²) in [5.41, 5.74) is 0.279. The number of aldehydes is 1. The first-order valence-corrected chi connectivity index (χ1v) is 5.30. The zero-order chi connectivity index (χ0) is 13.8. The summed E-state index contributed by atoms with van der Waals surface area (Å²) in [6, 6.07) is 9.65. The summed E-state index contributed by atoms with van der Waals surface area (Å²) in [6.45, 7) is 0. The van der Waals surface area contributed by atoms with E-state index in [4.69, 9.17) is 4.74 Å². The first-order valence-electron chi connectivity index (χ1n) is 5.30. The number of nitrogens with zero attached hydrogens (tertiary/aromatic N) is 1. The van der Waals surface area contributed by atoms with Gasteiger partial charge in [0.2, 0.25) is 0 Å². The van der Waals surface area contributed by atoms with Crippen molar-refractivity contribution in [1.29, 1.82) is 0 Å². The lowest BCUT2D eigenvalue weighted by Crippen LogP contribution is -1.89. The Kier molecular flexibility index (Phi) is 3.42. The molecule has 0 atom stereocenters. The quantitative estimate of drug-likeness (QED) is 0.518. The number of hydrogen-bond acceptors (Lipinski definition) is 5. The van der Waals surface area contributed by atoms with Gasteiger partial charge < -0.3 is 9.84 Å².